The fourth-order valence-electron chi connectivity index (χ4n) is 0.704. The van der Waals surface area contributed by atoms with E-state index in [4.69, 9.17) is 0 Å². The SMILES string of the molecule is C1=Nn2cccc2[N]1. The van der Waals surface area contributed by atoms with Crippen LogP contribution in [0.5, 0.6) is 0 Å². The number of fused-ring (bicyclic) bond motifs is 1. The van der Waals surface area contributed by atoms with Gasteiger partial charge in [0, 0.05) is 6.20 Å². The zero-order valence-corrected chi connectivity index (χ0v) is 4.15. The maximum absolute atomic E-state index is 3.93. The van der Waals surface area contributed by atoms with E-state index in [1.54, 1.807) is 4.68 Å². The molecule has 0 amide bonds. The molecule has 2 rings (SSSR count). The van der Waals surface area contributed by atoms with Crippen LogP contribution in [-0.4, -0.2) is 11.0 Å². The van der Waals surface area contributed by atoms with Gasteiger partial charge in [-0.2, -0.15) is 5.10 Å². The second kappa shape index (κ2) is 1.12. The standard InChI is InChI=1S/C5H4N3/c1-2-5-6-4-7-8(5)3-1/h1-4H. The molecule has 3 heteroatoms. The third-order valence-corrected chi connectivity index (χ3v) is 1.07. The van der Waals surface area contributed by atoms with Crippen LogP contribution in [0.2, 0.25) is 0 Å². The Bertz CT molecular complexity index is 223. The Morgan fingerprint density at radius 1 is 1.50 bits per heavy atom. The van der Waals surface area contributed by atoms with Crippen molar-refractivity contribution in [3.8, 4) is 0 Å². The van der Waals surface area contributed by atoms with Crippen LogP contribution < -0.4 is 5.32 Å². The van der Waals surface area contributed by atoms with Gasteiger partial charge in [0.05, 0.1) is 0 Å². The molecule has 0 aromatic carbocycles. The lowest BCUT2D eigenvalue weighted by molar-refractivity contribution is 0.918. The summed E-state index contributed by atoms with van der Waals surface area (Å²) in [7, 11) is 0. The minimum absolute atomic E-state index is 0.907. The Labute approximate surface area is 46.6 Å². The lowest BCUT2D eigenvalue weighted by atomic mass is 10.6. The first-order valence-electron chi connectivity index (χ1n) is 2.38. The number of nitrogens with zero attached hydrogens (tertiary/aromatic N) is 3. The molecule has 1 aromatic rings. The van der Waals surface area contributed by atoms with Crippen LogP contribution in [0.4, 0.5) is 5.82 Å². The van der Waals surface area contributed by atoms with Crippen molar-refractivity contribution in [2.75, 3.05) is 0 Å². The van der Waals surface area contributed by atoms with Gasteiger partial charge in [0.1, 0.15) is 6.34 Å². The first-order chi connectivity index (χ1) is 3.97. The first-order valence-corrected chi connectivity index (χ1v) is 2.38. The predicted molar refractivity (Wildman–Crippen MR) is 30.1 cm³/mol. The van der Waals surface area contributed by atoms with Crippen LogP contribution in [-0.2, 0) is 0 Å². The van der Waals surface area contributed by atoms with E-state index in [2.05, 4.69) is 10.4 Å². The summed E-state index contributed by atoms with van der Waals surface area (Å²) in [5.41, 5.74) is 0. The third kappa shape index (κ3) is 0.307. The summed E-state index contributed by atoms with van der Waals surface area (Å²) in [5.74, 6) is 0.907. The molecule has 1 aliphatic heterocycles. The summed E-state index contributed by atoms with van der Waals surface area (Å²) < 4.78 is 1.72. The number of rotatable bonds is 0. The van der Waals surface area contributed by atoms with Gasteiger partial charge in [0.2, 0.25) is 0 Å². The van der Waals surface area contributed by atoms with Gasteiger partial charge in [0.15, 0.2) is 5.82 Å². The Morgan fingerprint density at radius 3 is 3.38 bits per heavy atom. The van der Waals surface area contributed by atoms with Crippen molar-refractivity contribution in [1.29, 1.82) is 0 Å². The molecular formula is C5H4N3. The highest BCUT2D eigenvalue weighted by Gasteiger charge is 2.01. The monoisotopic (exact) mass is 106 g/mol. The molecule has 0 fully saturated rings. The second-order valence-corrected chi connectivity index (χ2v) is 1.57. The normalized spacial score (nSPS) is 13.5. The molecule has 39 valence electrons. The summed E-state index contributed by atoms with van der Waals surface area (Å²) in [5, 5.41) is 7.81. The Kier molecular flexibility index (Phi) is 0.521. The van der Waals surface area contributed by atoms with Crippen LogP contribution in [0, 0.1) is 0 Å². The molecule has 8 heavy (non-hydrogen) atoms. The topological polar surface area (TPSA) is 31.4 Å². The Hall–Kier alpha value is -1.25. The van der Waals surface area contributed by atoms with Crippen LogP contribution in [0.25, 0.3) is 0 Å². The molecule has 3 nitrogen and oxygen atoms in total. The molecule has 0 saturated heterocycles. The van der Waals surface area contributed by atoms with Crippen molar-refractivity contribution in [2.45, 2.75) is 0 Å². The minimum Gasteiger partial charge on any atom is -0.221 e. The summed E-state index contributed by atoms with van der Waals surface area (Å²) in [6, 6.07) is 3.82. The molecular weight excluding hydrogens is 102 g/mol. The van der Waals surface area contributed by atoms with Crippen LogP contribution >= 0.6 is 0 Å². The van der Waals surface area contributed by atoms with Gasteiger partial charge >= 0.3 is 0 Å². The average molecular weight is 106 g/mol. The molecule has 0 saturated carbocycles. The molecule has 0 atom stereocenters. The lowest BCUT2D eigenvalue weighted by Crippen LogP contribution is -1.84. The Morgan fingerprint density at radius 2 is 2.50 bits per heavy atom. The minimum atomic E-state index is 0.907. The van der Waals surface area contributed by atoms with E-state index in [-0.39, 0.29) is 0 Å². The maximum Gasteiger partial charge on any atom is 0.155 e. The fraction of sp³-hybridized carbons (Fsp3) is 0. The van der Waals surface area contributed by atoms with Crippen molar-refractivity contribution >= 4 is 12.2 Å². The summed E-state index contributed by atoms with van der Waals surface area (Å²) in [6.45, 7) is 0. The lowest BCUT2D eigenvalue weighted by Gasteiger charge is -1.84. The van der Waals surface area contributed by atoms with E-state index in [0.29, 0.717) is 0 Å². The van der Waals surface area contributed by atoms with Crippen molar-refractivity contribution in [3.63, 3.8) is 0 Å². The maximum atomic E-state index is 3.93. The highest BCUT2D eigenvalue weighted by molar-refractivity contribution is 5.65. The third-order valence-electron chi connectivity index (χ3n) is 1.07. The summed E-state index contributed by atoms with van der Waals surface area (Å²) >= 11 is 0. The van der Waals surface area contributed by atoms with E-state index in [1.807, 2.05) is 18.3 Å². The zero-order valence-electron chi connectivity index (χ0n) is 4.15. The molecule has 1 aliphatic rings. The van der Waals surface area contributed by atoms with Crippen LogP contribution in [0.1, 0.15) is 0 Å². The predicted octanol–water partition coefficient (Wildman–Crippen LogP) is 0.529. The van der Waals surface area contributed by atoms with Gasteiger partial charge in [-0.1, -0.05) is 0 Å². The smallest absolute Gasteiger partial charge is 0.155 e. The number of aromatic nitrogens is 1. The quantitative estimate of drug-likeness (QED) is 0.462. The van der Waals surface area contributed by atoms with E-state index in [0.717, 1.165) is 5.82 Å². The van der Waals surface area contributed by atoms with Gasteiger partial charge in [-0.3, -0.25) is 0 Å². The van der Waals surface area contributed by atoms with E-state index >= 15 is 0 Å². The fourth-order valence-corrected chi connectivity index (χ4v) is 0.704. The van der Waals surface area contributed by atoms with Gasteiger partial charge in [0.25, 0.3) is 0 Å². The summed E-state index contributed by atoms with van der Waals surface area (Å²) in [4.78, 5) is 0. The molecule has 0 N–H and O–H groups in total. The van der Waals surface area contributed by atoms with Gasteiger partial charge in [-0.15, -0.1) is 0 Å². The Balaban J connectivity index is 2.67. The molecule has 0 bridgehead atoms. The van der Waals surface area contributed by atoms with E-state index in [1.165, 1.54) is 6.34 Å². The van der Waals surface area contributed by atoms with Crippen LogP contribution in [0.15, 0.2) is 23.4 Å². The molecule has 2 heterocycles. The highest BCUT2D eigenvalue weighted by Crippen LogP contribution is 2.10. The molecule has 0 unspecified atom stereocenters. The van der Waals surface area contributed by atoms with Crippen molar-refractivity contribution < 1.29 is 0 Å². The van der Waals surface area contributed by atoms with Crippen LogP contribution in [0.3, 0.4) is 0 Å². The average Bonchev–Trinajstić information content (AvgIpc) is 2.15. The van der Waals surface area contributed by atoms with Gasteiger partial charge < -0.3 is 0 Å². The molecule has 0 spiro atoms. The van der Waals surface area contributed by atoms with E-state index in [9.17, 15) is 0 Å². The van der Waals surface area contributed by atoms with Crippen molar-refractivity contribution in [3.05, 3.63) is 18.3 Å². The summed E-state index contributed by atoms with van der Waals surface area (Å²) in [6.07, 6.45) is 3.40. The van der Waals surface area contributed by atoms with Gasteiger partial charge in [-0.25, -0.2) is 9.99 Å². The zero-order chi connectivity index (χ0) is 5.40. The molecule has 1 radical (unpaired) electrons. The number of hydrogen-bond acceptors (Lipinski definition) is 1. The largest absolute Gasteiger partial charge is 0.221 e. The van der Waals surface area contributed by atoms with Crippen molar-refractivity contribution in [2.24, 2.45) is 5.10 Å². The first kappa shape index (κ1) is 3.72. The van der Waals surface area contributed by atoms with Crippen molar-refractivity contribution in [1.82, 2.24) is 9.99 Å². The van der Waals surface area contributed by atoms with Gasteiger partial charge in [-0.05, 0) is 12.1 Å². The molecule has 1 aromatic heterocycles. The molecule has 0 aliphatic carbocycles. The number of hydrogen-bond donors (Lipinski definition) is 0. The second-order valence-electron chi connectivity index (χ2n) is 1.57. The van der Waals surface area contributed by atoms with E-state index < -0.39 is 0 Å². The highest BCUT2D eigenvalue weighted by atomic mass is 15.4.